The Balaban J connectivity index is 1.51. The van der Waals surface area contributed by atoms with Crippen molar-refractivity contribution in [2.45, 2.75) is 33.5 Å². The van der Waals surface area contributed by atoms with Crippen molar-refractivity contribution < 1.29 is 27.4 Å². The average molecular weight is 587 g/mol. The van der Waals surface area contributed by atoms with Crippen LogP contribution in [0.1, 0.15) is 39.9 Å². The summed E-state index contributed by atoms with van der Waals surface area (Å²) in [5.74, 6) is 0.391. The minimum Gasteiger partial charge on any atom is -0.461 e. The van der Waals surface area contributed by atoms with Gasteiger partial charge in [-0.15, -0.1) is 0 Å². The van der Waals surface area contributed by atoms with Crippen LogP contribution in [0.15, 0.2) is 71.5 Å². The zero-order chi connectivity index (χ0) is 30.9. The van der Waals surface area contributed by atoms with Crippen molar-refractivity contribution in [1.29, 1.82) is 0 Å². The molecule has 0 amide bonds. The van der Waals surface area contributed by atoms with Crippen molar-refractivity contribution in [3.63, 3.8) is 0 Å². The molecule has 43 heavy (non-hydrogen) atoms. The van der Waals surface area contributed by atoms with Crippen molar-refractivity contribution in [1.82, 2.24) is 14.5 Å². The molecular weight excluding hydrogens is 561 g/mol. The molecule has 0 aliphatic rings. The third-order valence-corrected chi connectivity index (χ3v) is 6.83. The third kappa shape index (κ3) is 5.99. The van der Waals surface area contributed by atoms with E-state index in [0.29, 0.717) is 39.5 Å². The maximum Gasteiger partial charge on any atom is 0.407 e. The van der Waals surface area contributed by atoms with Crippen LogP contribution in [0, 0.1) is 20.4 Å². The van der Waals surface area contributed by atoms with Gasteiger partial charge in [-0.1, -0.05) is 6.07 Å². The van der Waals surface area contributed by atoms with E-state index in [4.69, 9.17) is 16.0 Å². The van der Waals surface area contributed by atoms with E-state index < -0.39 is 29.0 Å². The molecule has 11 heteroatoms. The number of ether oxygens (including phenoxy) is 2. The maximum absolute atomic E-state index is 13.9. The molecule has 0 aliphatic carbocycles. The van der Waals surface area contributed by atoms with Gasteiger partial charge >= 0.3 is 12.1 Å². The van der Waals surface area contributed by atoms with E-state index in [-0.39, 0.29) is 18.8 Å². The molecule has 3 heterocycles. The number of pyridine rings is 2. The van der Waals surface area contributed by atoms with E-state index in [9.17, 15) is 22.8 Å². The number of alkyl halides is 3. The molecule has 218 valence electrons. The van der Waals surface area contributed by atoms with Gasteiger partial charge in [0.2, 0.25) is 0 Å². The van der Waals surface area contributed by atoms with Crippen molar-refractivity contribution >= 4 is 22.6 Å². The highest BCUT2D eigenvalue weighted by atomic mass is 19.4. The molecule has 0 fully saturated rings. The standard InChI is InChI=1S/C32H25F3N4O4/c1-5-42-31(41)27-15-22-14-24(12-13-26(22)38-27)43-23-10-8-20(9-11-23)28-16-25(32(33,34)35)29(36-4)30(40)39(28)17-21-7-6-18(2)37-19(21)3/h6-16,38H,5,17H2,1-3H3. The van der Waals surface area contributed by atoms with Gasteiger partial charge in [-0.05, 0) is 92.6 Å². The van der Waals surface area contributed by atoms with Crippen LogP contribution >= 0.6 is 0 Å². The third-order valence-electron chi connectivity index (χ3n) is 6.83. The molecule has 5 rings (SSSR count). The van der Waals surface area contributed by atoms with Crippen LogP contribution in [0.2, 0.25) is 0 Å². The zero-order valence-corrected chi connectivity index (χ0v) is 23.4. The van der Waals surface area contributed by atoms with E-state index in [1.54, 1.807) is 74.5 Å². The fourth-order valence-electron chi connectivity index (χ4n) is 4.73. The Bertz CT molecular complexity index is 1950. The normalized spacial score (nSPS) is 11.4. The zero-order valence-electron chi connectivity index (χ0n) is 23.4. The lowest BCUT2D eigenvalue weighted by atomic mass is 10.1. The predicted molar refractivity (Wildman–Crippen MR) is 155 cm³/mol. The second-order valence-electron chi connectivity index (χ2n) is 9.77. The Morgan fingerprint density at radius 1 is 1.02 bits per heavy atom. The molecule has 2 aromatic carbocycles. The van der Waals surface area contributed by atoms with Crippen LogP contribution < -0.4 is 10.3 Å². The van der Waals surface area contributed by atoms with Crippen LogP contribution in [0.4, 0.5) is 18.9 Å². The van der Waals surface area contributed by atoms with Crippen LogP contribution in [0.5, 0.6) is 11.5 Å². The molecule has 0 spiro atoms. The monoisotopic (exact) mass is 586 g/mol. The molecule has 3 aromatic heterocycles. The van der Waals surface area contributed by atoms with Gasteiger partial charge in [-0.25, -0.2) is 9.64 Å². The fraction of sp³-hybridized carbons (Fsp3) is 0.188. The Morgan fingerprint density at radius 3 is 2.40 bits per heavy atom. The van der Waals surface area contributed by atoms with E-state index in [0.717, 1.165) is 17.1 Å². The summed E-state index contributed by atoms with van der Waals surface area (Å²) in [5, 5.41) is 0.724. The number of fused-ring (bicyclic) bond motifs is 1. The van der Waals surface area contributed by atoms with Gasteiger partial charge < -0.3 is 19.0 Å². The molecule has 8 nitrogen and oxygen atoms in total. The number of benzene rings is 2. The number of aromatic nitrogens is 3. The summed E-state index contributed by atoms with van der Waals surface area (Å²) in [6.07, 6.45) is -4.90. The van der Waals surface area contributed by atoms with Crippen molar-refractivity contribution in [3.05, 3.63) is 117 Å². The second-order valence-corrected chi connectivity index (χ2v) is 9.77. The first-order valence-corrected chi connectivity index (χ1v) is 13.2. The summed E-state index contributed by atoms with van der Waals surface area (Å²) in [7, 11) is 0. The Labute approximate surface area is 244 Å². The Morgan fingerprint density at radius 2 is 1.74 bits per heavy atom. The molecule has 0 bridgehead atoms. The van der Waals surface area contributed by atoms with Crippen LogP contribution in [0.25, 0.3) is 27.0 Å². The highest BCUT2D eigenvalue weighted by molar-refractivity contribution is 5.95. The summed E-state index contributed by atoms with van der Waals surface area (Å²) >= 11 is 0. The fourth-order valence-corrected chi connectivity index (χ4v) is 4.73. The number of aromatic amines is 1. The molecule has 0 radical (unpaired) electrons. The number of nitrogens with zero attached hydrogens (tertiary/aromatic N) is 3. The van der Waals surface area contributed by atoms with Crippen molar-refractivity contribution in [2.24, 2.45) is 0 Å². The van der Waals surface area contributed by atoms with E-state index in [2.05, 4.69) is 14.8 Å². The number of H-pyrrole nitrogens is 1. The average Bonchev–Trinajstić information content (AvgIpc) is 3.39. The molecule has 0 aliphatic heterocycles. The number of rotatable bonds is 7. The Kier molecular flexibility index (Phi) is 7.78. The topological polar surface area (TPSA) is 90.6 Å². The first kappa shape index (κ1) is 29.1. The minimum atomic E-state index is -4.90. The first-order valence-electron chi connectivity index (χ1n) is 13.2. The molecule has 0 saturated heterocycles. The van der Waals surface area contributed by atoms with Gasteiger partial charge in [-0.2, -0.15) is 13.2 Å². The maximum atomic E-state index is 13.9. The molecule has 1 N–H and O–H groups in total. The number of esters is 1. The summed E-state index contributed by atoms with van der Waals surface area (Å²) < 4.78 is 53.9. The minimum absolute atomic E-state index is 0.00325. The number of carbonyl (C=O) groups is 1. The van der Waals surface area contributed by atoms with Gasteiger partial charge in [0.15, 0.2) is 0 Å². The number of hydrogen-bond donors (Lipinski definition) is 1. The van der Waals surface area contributed by atoms with Gasteiger partial charge in [-0.3, -0.25) is 9.78 Å². The largest absolute Gasteiger partial charge is 0.461 e. The molecule has 0 unspecified atom stereocenters. The number of aryl methyl sites for hydroxylation is 2. The smallest absolute Gasteiger partial charge is 0.407 e. The number of carbonyl (C=O) groups excluding carboxylic acids is 1. The lowest BCUT2D eigenvalue weighted by molar-refractivity contribution is -0.136. The predicted octanol–water partition coefficient (Wildman–Crippen LogP) is 7.60. The lowest BCUT2D eigenvalue weighted by Gasteiger charge is -2.19. The SMILES string of the molecule is [C-]#[N+]c1c(C(F)(F)F)cc(-c2ccc(Oc3ccc4[nH]c(C(=O)OCC)cc4c3)cc2)n(Cc2ccc(C)nc2C)c1=O. The molecular formula is C32H25F3N4O4. The lowest BCUT2D eigenvalue weighted by Crippen LogP contribution is -2.25. The van der Waals surface area contributed by atoms with E-state index in [1.807, 2.05) is 6.92 Å². The van der Waals surface area contributed by atoms with Gasteiger partial charge in [0.25, 0.3) is 11.2 Å². The van der Waals surface area contributed by atoms with Gasteiger partial charge in [0.1, 0.15) is 17.2 Å². The van der Waals surface area contributed by atoms with Gasteiger partial charge in [0.05, 0.1) is 25.3 Å². The van der Waals surface area contributed by atoms with E-state index in [1.165, 1.54) is 4.57 Å². The molecule has 0 atom stereocenters. The summed E-state index contributed by atoms with van der Waals surface area (Å²) in [4.78, 5) is 35.7. The first-order chi connectivity index (χ1) is 20.5. The van der Waals surface area contributed by atoms with Gasteiger partial charge in [0, 0.05) is 28.0 Å². The van der Waals surface area contributed by atoms with Crippen LogP contribution in [-0.4, -0.2) is 27.1 Å². The van der Waals surface area contributed by atoms with Crippen LogP contribution in [0.3, 0.4) is 0 Å². The quantitative estimate of drug-likeness (QED) is 0.157. The van der Waals surface area contributed by atoms with Crippen molar-refractivity contribution in [3.8, 4) is 22.8 Å². The van der Waals surface area contributed by atoms with E-state index >= 15 is 0 Å². The number of nitrogens with one attached hydrogen (secondary N) is 1. The Hall–Kier alpha value is -5.37. The second kappa shape index (κ2) is 11.5. The summed E-state index contributed by atoms with van der Waals surface area (Å²) in [6, 6.07) is 17.4. The molecule has 0 saturated carbocycles. The highest BCUT2D eigenvalue weighted by Gasteiger charge is 2.36. The summed E-state index contributed by atoms with van der Waals surface area (Å²) in [6.45, 7) is 12.8. The highest BCUT2D eigenvalue weighted by Crippen LogP contribution is 2.38. The number of hydrogen-bond acceptors (Lipinski definition) is 5. The summed E-state index contributed by atoms with van der Waals surface area (Å²) in [5.41, 5.74) is 0.0433. The van der Waals surface area contributed by atoms with Crippen LogP contribution in [-0.2, 0) is 17.5 Å². The molecule has 5 aromatic rings. The number of halogens is 3. The van der Waals surface area contributed by atoms with Crippen molar-refractivity contribution in [2.75, 3.05) is 6.61 Å².